The molecule has 7 heteroatoms. The van der Waals surface area contributed by atoms with Crippen LogP contribution < -0.4 is 0 Å². The smallest absolute Gasteiger partial charge is 0.315 e. The highest BCUT2D eigenvalue weighted by Crippen LogP contribution is 2.38. The highest BCUT2D eigenvalue weighted by molar-refractivity contribution is 5.27. The maximum Gasteiger partial charge on any atom is 0.419 e. The van der Waals surface area contributed by atoms with E-state index in [0.29, 0.717) is 23.6 Å². The van der Waals surface area contributed by atoms with Gasteiger partial charge in [-0.15, -0.1) is 6.58 Å². The Morgan fingerprint density at radius 2 is 1.55 bits per heavy atom. The molecular weight excluding hydrogens is 442 g/mol. The molecular formula is C26H28F6O. The molecule has 0 heterocycles. The summed E-state index contributed by atoms with van der Waals surface area (Å²) in [6, 6.07) is 9.17. The second-order valence-corrected chi connectivity index (χ2v) is 8.74. The number of alkyl halides is 5. The molecule has 0 spiro atoms. The number of hydrogen-bond acceptors (Lipinski definition) is 1. The number of allylic oxidation sites excluding steroid dienone is 1. The molecule has 0 aromatic heterocycles. The van der Waals surface area contributed by atoms with Crippen molar-refractivity contribution in [1.82, 2.24) is 0 Å². The summed E-state index contributed by atoms with van der Waals surface area (Å²) >= 11 is 0. The SMILES string of the molecule is C=CCCC1CCC(c2ccc(COC(F)(F)Cc3ccc(C(F)(F)F)c(F)c3)cc2)CC1. The fraction of sp³-hybridized carbons (Fsp3) is 0.462. The Bertz CT molecular complexity index is 911. The highest BCUT2D eigenvalue weighted by atomic mass is 19.4. The van der Waals surface area contributed by atoms with Crippen LogP contribution in [0.25, 0.3) is 0 Å². The zero-order chi connectivity index (χ0) is 24.1. The molecule has 0 aliphatic heterocycles. The molecule has 0 unspecified atom stereocenters. The Morgan fingerprint density at radius 3 is 2.12 bits per heavy atom. The molecule has 2 aromatic carbocycles. The molecule has 1 aliphatic carbocycles. The van der Waals surface area contributed by atoms with Crippen LogP contribution in [0.3, 0.4) is 0 Å². The number of ether oxygens (including phenoxy) is 1. The highest BCUT2D eigenvalue weighted by Gasteiger charge is 2.35. The average molecular weight is 470 g/mol. The molecule has 0 bridgehead atoms. The van der Waals surface area contributed by atoms with E-state index in [4.69, 9.17) is 4.74 Å². The number of halogens is 6. The van der Waals surface area contributed by atoms with E-state index in [2.05, 4.69) is 6.58 Å². The lowest BCUT2D eigenvalue weighted by molar-refractivity contribution is -0.244. The molecule has 1 aliphatic rings. The van der Waals surface area contributed by atoms with Gasteiger partial charge in [0.15, 0.2) is 0 Å². The summed E-state index contributed by atoms with van der Waals surface area (Å²) in [6.07, 6.45) is -0.776. The first kappa shape index (κ1) is 25.3. The van der Waals surface area contributed by atoms with Gasteiger partial charge in [0.2, 0.25) is 0 Å². The van der Waals surface area contributed by atoms with E-state index in [1.54, 1.807) is 12.1 Å². The van der Waals surface area contributed by atoms with Gasteiger partial charge in [-0.05, 0) is 79.2 Å². The third kappa shape index (κ3) is 7.36. The molecule has 0 N–H and O–H groups in total. The van der Waals surface area contributed by atoms with Gasteiger partial charge in [-0.2, -0.15) is 22.0 Å². The Morgan fingerprint density at radius 1 is 0.909 bits per heavy atom. The standard InChI is InChI=1S/C26H28F6O/c1-2-3-4-18-5-10-21(11-6-18)22-12-7-19(8-13-22)17-33-25(28,29)16-20-9-14-23(24(27)15-20)26(30,31)32/h2,7-9,12-15,18,21H,1,3-6,10-11,16-17H2. The number of rotatable bonds is 9. The van der Waals surface area contributed by atoms with Gasteiger partial charge in [0, 0.05) is 0 Å². The minimum absolute atomic E-state index is 0.274. The zero-order valence-electron chi connectivity index (χ0n) is 18.3. The Labute approximate surface area is 190 Å². The predicted octanol–water partition coefficient (Wildman–Crippen LogP) is 8.44. The van der Waals surface area contributed by atoms with Gasteiger partial charge in [-0.3, -0.25) is 0 Å². The van der Waals surface area contributed by atoms with Crippen molar-refractivity contribution >= 4 is 0 Å². The minimum Gasteiger partial charge on any atom is -0.315 e. The molecule has 1 saturated carbocycles. The van der Waals surface area contributed by atoms with Crippen molar-refractivity contribution in [2.24, 2.45) is 5.92 Å². The van der Waals surface area contributed by atoms with E-state index in [1.807, 2.05) is 18.2 Å². The van der Waals surface area contributed by atoms with Crippen molar-refractivity contribution < 1.29 is 31.1 Å². The third-order valence-corrected chi connectivity index (χ3v) is 6.28. The van der Waals surface area contributed by atoms with Crippen LogP contribution >= 0.6 is 0 Å². The number of hydrogen-bond donors (Lipinski definition) is 0. The molecule has 1 nitrogen and oxygen atoms in total. The lowest BCUT2D eigenvalue weighted by Gasteiger charge is -2.28. The normalized spacial score (nSPS) is 19.5. The van der Waals surface area contributed by atoms with Crippen LogP contribution in [0.2, 0.25) is 0 Å². The van der Waals surface area contributed by atoms with Gasteiger partial charge in [0.05, 0.1) is 18.6 Å². The Balaban J connectivity index is 1.51. The van der Waals surface area contributed by atoms with E-state index < -0.39 is 30.1 Å². The van der Waals surface area contributed by atoms with Gasteiger partial charge in [-0.1, -0.05) is 36.4 Å². The summed E-state index contributed by atoms with van der Waals surface area (Å²) < 4.78 is 84.6. The number of benzene rings is 2. The summed E-state index contributed by atoms with van der Waals surface area (Å²) in [5.41, 5.74) is -0.00466. The lowest BCUT2D eigenvalue weighted by Crippen LogP contribution is -2.24. The van der Waals surface area contributed by atoms with Crippen molar-refractivity contribution in [2.45, 2.75) is 69.8 Å². The second-order valence-electron chi connectivity index (χ2n) is 8.74. The first-order valence-electron chi connectivity index (χ1n) is 11.1. The van der Waals surface area contributed by atoms with E-state index in [9.17, 15) is 26.3 Å². The monoisotopic (exact) mass is 470 g/mol. The largest absolute Gasteiger partial charge is 0.419 e. The fourth-order valence-corrected chi connectivity index (χ4v) is 4.40. The maximum atomic E-state index is 14.2. The lowest BCUT2D eigenvalue weighted by atomic mass is 9.77. The molecule has 33 heavy (non-hydrogen) atoms. The summed E-state index contributed by atoms with van der Waals surface area (Å²) in [6.45, 7) is 3.42. The quantitative estimate of drug-likeness (QED) is 0.264. The molecule has 3 rings (SSSR count). The van der Waals surface area contributed by atoms with Crippen LogP contribution in [-0.4, -0.2) is 6.11 Å². The molecule has 0 saturated heterocycles. The molecule has 0 atom stereocenters. The van der Waals surface area contributed by atoms with E-state index in [0.717, 1.165) is 31.2 Å². The second kappa shape index (κ2) is 10.8. The van der Waals surface area contributed by atoms with Crippen LogP contribution in [0.15, 0.2) is 55.1 Å². The van der Waals surface area contributed by atoms with Crippen LogP contribution in [0.4, 0.5) is 26.3 Å². The van der Waals surface area contributed by atoms with Crippen molar-refractivity contribution in [3.8, 4) is 0 Å². The molecule has 180 valence electrons. The van der Waals surface area contributed by atoms with Gasteiger partial charge in [0.25, 0.3) is 0 Å². The van der Waals surface area contributed by atoms with Gasteiger partial charge in [0.1, 0.15) is 5.82 Å². The van der Waals surface area contributed by atoms with Gasteiger partial charge >= 0.3 is 12.3 Å². The van der Waals surface area contributed by atoms with Crippen molar-refractivity contribution in [2.75, 3.05) is 0 Å². The van der Waals surface area contributed by atoms with Crippen molar-refractivity contribution in [3.05, 3.63) is 83.2 Å². The van der Waals surface area contributed by atoms with Crippen molar-refractivity contribution in [3.63, 3.8) is 0 Å². The van der Waals surface area contributed by atoms with Crippen molar-refractivity contribution in [1.29, 1.82) is 0 Å². The summed E-state index contributed by atoms with van der Waals surface area (Å²) in [5, 5.41) is 0. The van der Waals surface area contributed by atoms with E-state index in [-0.39, 0.29) is 12.2 Å². The van der Waals surface area contributed by atoms with Crippen LogP contribution in [0.5, 0.6) is 0 Å². The molecule has 0 radical (unpaired) electrons. The van der Waals surface area contributed by atoms with E-state index in [1.165, 1.54) is 24.8 Å². The third-order valence-electron chi connectivity index (χ3n) is 6.28. The zero-order valence-corrected chi connectivity index (χ0v) is 18.3. The summed E-state index contributed by atoms with van der Waals surface area (Å²) in [5.74, 6) is -0.371. The van der Waals surface area contributed by atoms with Crippen LogP contribution in [0, 0.1) is 11.7 Å². The maximum absolute atomic E-state index is 14.2. The van der Waals surface area contributed by atoms with Crippen LogP contribution in [-0.2, 0) is 23.9 Å². The topological polar surface area (TPSA) is 9.23 Å². The molecule has 2 aromatic rings. The van der Waals surface area contributed by atoms with Gasteiger partial charge < -0.3 is 4.74 Å². The van der Waals surface area contributed by atoms with Crippen LogP contribution in [0.1, 0.15) is 66.7 Å². The predicted molar refractivity (Wildman–Crippen MR) is 115 cm³/mol. The first-order valence-corrected chi connectivity index (χ1v) is 11.1. The average Bonchev–Trinajstić information content (AvgIpc) is 2.76. The Hall–Kier alpha value is -2.28. The fourth-order valence-electron chi connectivity index (χ4n) is 4.40. The molecule has 0 amide bonds. The van der Waals surface area contributed by atoms with E-state index >= 15 is 0 Å². The summed E-state index contributed by atoms with van der Waals surface area (Å²) in [4.78, 5) is 0. The first-order chi connectivity index (χ1) is 15.6. The summed E-state index contributed by atoms with van der Waals surface area (Å²) in [7, 11) is 0. The van der Waals surface area contributed by atoms with Gasteiger partial charge in [-0.25, -0.2) is 4.39 Å². The molecule has 1 fully saturated rings. The Kier molecular flexibility index (Phi) is 8.27. The minimum atomic E-state index is -4.88.